The van der Waals surface area contributed by atoms with E-state index in [4.69, 9.17) is 26.4 Å². The number of hydrogen-bond acceptors (Lipinski definition) is 6. The van der Waals surface area contributed by atoms with Crippen molar-refractivity contribution in [3.05, 3.63) is 83.9 Å². The summed E-state index contributed by atoms with van der Waals surface area (Å²) < 4.78 is 16.3. The van der Waals surface area contributed by atoms with Crippen molar-refractivity contribution in [1.82, 2.24) is 5.32 Å². The summed E-state index contributed by atoms with van der Waals surface area (Å²) in [5.41, 5.74) is 1.83. The van der Waals surface area contributed by atoms with Crippen molar-refractivity contribution < 1.29 is 23.8 Å². The number of benzene rings is 3. The summed E-state index contributed by atoms with van der Waals surface area (Å²) in [7, 11) is 0. The van der Waals surface area contributed by atoms with Crippen LogP contribution in [0.2, 0.25) is 0 Å². The second-order valence-electron chi connectivity index (χ2n) is 7.44. The largest absolute Gasteiger partial charge is 0.494 e. The van der Waals surface area contributed by atoms with Gasteiger partial charge in [0.25, 0.3) is 11.8 Å². The fourth-order valence-corrected chi connectivity index (χ4v) is 3.41. The molecule has 0 spiro atoms. The van der Waals surface area contributed by atoms with Crippen molar-refractivity contribution in [2.24, 2.45) is 0 Å². The Labute approximate surface area is 216 Å². The van der Waals surface area contributed by atoms with Crippen molar-refractivity contribution in [3.63, 3.8) is 0 Å². The molecule has 3 aromatic carbocycles. The molecule has 0 aromatic heterocycles. The Morgan fingerprint density at radius 1 is 0.778 bits per heavy atom. The zero-order valence-electron chi connectivity index (χ0n) is 20.2. The van der Waals surface area contributed by atoms with Gasteiger partial charge < -0.3 is 24.8 Å². The highest BCUT2D eigenvalue weighted by molar-refractivity contribution is 7.80. The third kappa shape index (κ3) is 8.07. The molecule has 0 saturated carbocycles. The van der Waals surface area contributed by atoms with Crippen molar-refractivity contribution in [1.29, 1.82) is 0 Å². The lowest BCUT2D eigenvalue weighted by molar-refractivity contribution is 0.0975. The Morgan fingerprint density at radius 3 is 2.31 bits per heavy atom. The molecular formula is C27H29N3O5S. The lowest BCUT2D eigenvalue weighted by Crippen LogP contribution is -2.34. The highest BCUT2D eigenvalue weighted by Gasteiger charge is 2.14. The number of amides is 2. The van der Waals surface area contributed by atoms with Gasteiger partial charge in [0.05, 0.1) is 24.5 Å². The van der Waals surface area contributed by atoms with Crippen LogP contribution in [0, 0.1) is 0 Å². The Bertz CT molecular complexity index is 1180. The predicted molar refractivity (Wildman–Crippen MR) is 144 cm³/mol. The number of anilines is 2. The molecule has 0 aliphatic carbocycles. The molecule has 188 valence electrons. The normalized spacial score (nSPS) is 10.3. The van der Waals surface area contributed by atoms with Crippen LogP contribution < -0.4 is 25.4 Å². The van der Waals surface area contributed by atoms with Crippen LogP contribution in [0.4, 0.5) is 11.4 Å². The van der Waals surface area contributed by atoms with Gasteiger partial charge in [0.15, 0.2) is 5.11 Å². The first kappa shape index (κ1) is 26.7. The minimum atomic E-state index is -0.404. The molecule has 0 radical (unpaired) electrons. The average molecular weight is 508 g/mol. The smallest absolute Gasteiger partial charge is 0.257 e. The highest BCUT2D eigenvalue weighted by atomic mass is 32.1. The van der Waals surface area contributed by atoms with E-state index in [9.17, 15) is 9.59 Å². The number of carbonyl (C=O) groups excluding carboxylic acids is 2. The quantitative estimate of drug-likeness (QED) is 0.251. The van der Waals surface area contributed by atoms with Crippen molar-refractivity contribution in [2.75, 3.05) is 37.1 Å². The van der Waals surface area contributed by atoms with Crippen LogP contribution in [0.15, 0.2) is 72.8 Å². The first-order valence-corrected chi connectivity index (χ1v) is 12.0. The maximum absolute atomic E-state index is 12.9. The Hall–Kier alpha value is -3.95. The van der Waals surface area contributed by atoms with Gasteiger partial charge in [-0.25, -0.2) is 0 Å². The maximum atomic E-state index is 12.9. The molecule has 9 heteroatoms. The molecule has 0 aliphatic rings. The van der Waals surface area contributed by atoms with E-state index in [0.29, 0.717) is 54.7 Å². The molecule has 8 nitrogen and oxygen atoms in total. The van der Waals surface area contributed by atoms with Crippen LogP contribution in [0.3, 0.4) is 0 Å². The van der Waals surface area contributed by atoms with E-state index in [0.717, 1.165) is 5.75 Å². The van der Waals surface area contributed by atoms with Gasteiger partial charge in [0.2, 0.25) is 0 Å². The van der Waals surface area contributed by atoms with Gasteiger partial charge in [0, 0.05) is 17.9 Å². The summed E-state index contributed by atoms with van der Waals surface area (Å²) >= 11 is 5.32. The molecule has 0 aliphatic heterocycles. The SMILES string of the molecule is CCOCCOc1cccc(C(=O)NC(=S)Nc2ccccc2C(=O)Nc2ccc(OCC)cc2)c1. The molecule has 3 rings (SSSR count). The van der Waals surface area contributed by atoms with E-state index < -0.39 is 5.91 Å². The first-order valence-electron chi connectivity index (χ1n) is 11.6. The molecule has 3 aromatic rings. The number of carbonyl (C=O) groups is 2. The summed E-state index contributed by atoms with van der Waals surface area (Å²) in [6.07, 6.45) is 0. The minimum Gasteiger partial charge on any atom is -0.494 e. The van der Waals surface area contributed by atoms with Gasteiger partial charge in [-0.1, -0.05) is 18.2 Å². The third-order valence-electron chi connectivity index (χ3n) is 4.87. The lowest BCUT2D eigenvalue weighted by Gasteiger charge is -2.14. The Balaban J connectivity index is 1.60. The summed E-state index contributed by atoms with van der Waals surface area (Å²) in [5, 5.41) is 8.49. The van der Waals surface area contributed by atoms with Gasteiger partial charge in [-0.3, -0.25) is 14.9 Å². The number of thiocarbonyl (C=S) groups is 1. The van der Waals surface area contributed by atoms with Gasteiger partial charge >= 0.3 is 0 Å². The summed E-state index contributed by atoms with van der Waals surface area (Å²) in [5.74, 6) is 0.547. The van der Waals surface area contributed by atoms with Crippen LogP contribution in [-0.2, 0) is 4.74 Å². The van der Waals surface area contributed by atoms with Gasteiger partial charge in [0.1, 0.15) is 18.1 Å². The van der Waals surface area contributed by atoms with E-state index in [1.165, 1.54) is 0 Å². The third-order valence-corrected chi connectivity index (χ3v) is 5.07. The maximum Gasteiger partial charge on any atom is 0.257 e. The van der Waals surface area contributed by atoms with Crippen LogP contribution in [0.5, 0.6) is 11.5 Å². The number of rotatable bonds is 11. The molecule has 2 amide bonds. The summed E-state index contributed by atoms with van der Waals surface area (Å²) in [6.45, 7) is 5.84. The fraction of sp³-hybridized carbons (Fsp3) is 0.222. The van der Waals surface area contributed by atoms with Gasteiger partial charge in [-0.2, -0.15) is 0 Å². The number of para-hydroxylation sites is 1. The molecule has 36 heavy (non-hydrogen) atoms. The first-order chi connectivity index (χ1) is 17.5. The van der Waals surface area contributed by atoms with E-state index in [-0.39, 0.29) is 11.0 Å². The van der Waals surface area contributed by atoms with Crippen LogP contribution in [0.1, 0.15) is 34.6 Å². The van der Waals surface area contributed by atoms with Gasteiger partial charge in [-0.05, 0) is 80.7 Å². The molecule has 0 unspecified atom stereocenters. The lowest BCUT2D eigenvalue weighted by atomic mass is 10.1. The monoisotopic (exact) mass is 507 g/mol. The zero-order chi connectivity index (χ0) is 25.8. The number of nitrogens with one attached hydrogen (secondary N) is 3. The van der Waals surface area contributed by atoms with Crippen LogP contribution >= 0.6 is 12.2 Å². The standard InChI is InChI=1S/C27H29N3O5S/c1-3-33-16-17-35-22-9-7-8-19(18-22)25(31)30-27(36)29-24-11-6-5-10-23(24)26(32)28-20-12-14-21(15-13-20)34-4-2/h5-15,18H,3-4,16-17H2,1-2H3,(H,28,32)(H2,29,30,31,36). The summed E-state index contributed by atoms with van der Waals surface area (Å²) in [4.78, 5) is 25.6. The average Bonchev–Trinajstić information content (AvgIpc) is 2.88. The Kier molecular flexibility index (Phi) is 10.2. The van der Waals surface area contributed by atoms with E-state index in [1.54, 1.807) is 72.8 Å². The zero-order valence-corrected chi connectivity index (χ0v) is 21.0. The van der Waals surface area contributed by atoms with Crippen LogP contribution in [-0.4, -0.2) is 43.4 Å². The molecule has 0 saturated heterocycles. The van der Waals surface area contributed by atoms with Crippen LogP contribution in [0.25, 0.3) is 0 Å². The number of ether oxygens (including phenoxy) is 3. The minimum absolute atomic E-state index is 0.0592. The molecule has 0 bridgehead atoms. The van der Waals surface area contributed by atoms with E-state index in [2.05, 4.69) is 16.0 Å². The molecule has 3 N–H and O–H groups in total. The highest BCUT2D eigenvalue weighted by Crippen LogP contribution is 2.20. The van der Waals surface area contributed by atoms with Crippen molar-refractivity contribution >= 4 is 40.5 Å². The van der Waals surface area contributed by atoms with Crippen molar-refractivity contribution in [3.8, 4) is 11.5 Å². The molecule has 0 atom stereocenters. The topological polar surface area (TPSA) is 97.9 Å². The second kappa shape index (κ2) is 13.8. The van der Waals surface area contributed by atoms with Gasteiger partial charge in [-0.15, -0.1) is 0 Å². The van der Waals surface area contributed by atoms with Crippen molar-refractivity contribution in [2.45, 2.75) is 13.8 Å². The fourth-order valence-electron chi connectivity index (χ4n) is 3.21. The number of hydrogen-bond donors (Lipinski definition) is 3. The Morgan fingerprint density at radius 2 is 1.56 bits per heavy atom. The summed E-state index contributed by atoms with van der Waals surface area (Å²) in [6, 6.07) is 20.8. The predicted octanol–water partition coefficient (Wildman–Crippen LogP) is 4.88. The van der Waals surface area contributed by atoms with E-state index in [1.807, 2.05) is 13.8 Å². The molecule has 0 heterocycles. The molecular weight excluding hydrogens is 478 g/mol. The second-order valence-corrected chi connectivity index (χ2v) is 7.85. The molecule has 0 fully saturated rings. The van der Waals surface area contributed by atoms with E-state index >= 15 is 0 Å².